The summed E-state index contributed by atoms with van der Waals surface area (Å²) in [5.74, 6) is 0.547. The van der Waals surface area contributed by atoms with E-state index in [1.807, 2.05) is 39.1 Å². The first-order valence-electron chi connectivity index (χ1n) is 8.34. The molecule has 1 heterocycles. The summed E-state index contributed by atoms with van der Waals surface area (Å²) in [5.41, 5.74) is 2.29. The Morgan fingerprint density at radius 3 is 2.52 bits per heavy atom. The van der Waals surface area contributed by atoms with Gasteiger partial charge < -0.3 is 19.5 Å². The van der Waals surface area contributed by atoms with Crippen LogP contribution in [0.3, 0.4) is 0 Å². The summed E-state index contributed by atoms with van der Waals surface area (Å²) in [4.78, 5) is 0. The second kappa shape index (κ2) is 7.02. The topological polar surface area (TPSA) is 39.7 Å². The van der Waals surface area contributed by atoms with Crippen LogP contribution >= 0.6 is 0 Å². The Morgan fingerprint density at radius 2 is 1.88 bits per heavy atom. The van der Waals surface area contributed by atoms with Gasteiger partial charge in [-0.05, 0) is 49.7 Å². The standard InChI is InChI=1S/C20H24FNO3/c1-20(2)19(24-12-13-5-7-14(21)8-6-13)18(23-4)16-11-15(22-3)9-10-17(16)25-20/h5-11,18-19,22H,12H2,1-4H3. The molecule has 0 saturated carbocycles. The highest BCUT2D eigenvalue weighted by molar-refractivity contribution is 5.53. The third kappa shape index (κ3) is 3.62. The lowest BCUT2D eigenvalue weighted by atomic mass is 9.88. The van der Waals surface area contributed by atoms with Gasteiger partial charge in [0, 0.05) is 25.4 Å². The zero-order valence-corrected chi connectivity index (χ0v) is 15.0. The fourth-order valence-electron chi connectivity index (χ4n) is 3.19. The molecule has 0 aromatic heterocycles. The summed E-state index contributed by atoms with van der Waals surface area (Å²) in [5, 5.41) is 3.13. The van der Waals surface area contributed by atoms with E-state index in [0.29, 0.717) is 6.61 Å². The van der Waals surface area contributed by atoms with Crippen molar-refractivity contribution < 1.29 is 18.6 Å². The first kappa shape index (κ1) is 17.7. The van der Waals surface area contributed by atoms with E-state index in [4.69, 9.17) is 14.2 Å². The van der Waals surface area contributed by atoms with Crippen LogP contribution in [-0.4, -0.2) is 25.9 Å². The molecule has 3 rings (SSSR count). The van der Waals surface area contributed by atoms with E-state index in [1.165, 1.54) is 12.1 Å². The van der Waals surface area contributed by atoms with Crippen molar-refractivity contribution in [1.29, 1.82) is 0 Å². The Hall–Kier alpha value is -2.11. The number of benzene rings is 2. The minimum atomic E-state index is -0.561. The largest absolute Gasteiger partial charge is 0.485 e. The maximum atomic E-state index is 13.1. The number of methoxy groups -OCH3 is 1. The molecule has 25 heavy (non-hydrogen) atoms. The third-order valence-corrected chi connectivity index (χ3v) is 4.53. The van der Waals surface area contributed by atoms with Crippen LogP contribution in [0.15, 0.2) is 42.5 Å². The SMILES string of the molecule is CNc1ccc2c(c1)C(OC)C(OCc1ccc(F)cc1)C(C)(C)O2. The van der Waals surface area contributed by atoms with E-state index >= 15 is 0 Å². The molecular weight excluding hydrogens is 321 g/mol. The van der Waals surface area contributed by atoms with E-state index in [9.17, 15) is 4.39 Å². The van der Waals surface area contributed by atoms with Crippen LogP contribution in [0.4, 0.5) is 10.1 Å². The lowest BCUT2D eigenvalue weighted by Crippen LogP contribution is -2.50. The molecule has 0 fully saturated rings. The Labute approximate surface area is 147 Å². The fourth-order valence-corrected chi connectivity index (χ4v) is 3.19. The average molecular weight is 345 g/mol. The van der Waals surface area contributed by atoms with E-state index < -0.39 is 5.60 Å². The number of hydrogen-bond acceptors (Lipinski definition) is 4. The van der Waals surface area contributed by atoms with E-state index in [0.717, 1.165) is 22.6 Å². The van der Waals surface area contributed by atoms with Crippen molar-refractivity contribution in [2.24, 2.45) is 0 Å². The zero-order chi connectivity index (χ0) is 18.0. The molecule has 0 bridgehead atoms. The van der Waals surface area contributed by atoms with Crippen molar-refractivity contribution in [3.05, 3.63) is 59.4 Å². The van der Waals surface area contributed by atoms with Gasteiger partial charge in [0.15, 0.2) is 0 Å². The number of nitrogens with one attached hydrogen (secondary N) is 1. The lowest BCUT2D eigenvalue weighted by Gasteiger charge is -2.44. The predicted octanol–water partition coefficient (Wildman–Crippen LogP) is 4.31. The molecule has 4 nitrogen and oxygen atoms in total. The summed E-state index contributed by atoms with van der Waals surface area (Å²) in [7, 11) is 3.55. The number of fused-ring (bicyclic) bond motifs is 1. The summed E-state index contributed by atoms with van der Waals surface area (Å²) in [6.07, 6.45) is -0.561. The normalized spacial score (nSPS) is 21.3. The molecule has 1 aliphatic heterocycles. The minimum absolute atomic E-state index is 0.256. The zero-order valence-electron chi connectivity index (χ0n) is 15.0. The van der Waals surface area contributed by atoms with E-state index in [2.05, 4.69) is 5.32 Å². The number of halogens is 1. The Bertz CT molecular complexity index is 730. The highest BCUT2D eigenvalue weighted by atomic mass is 19.1. The van der Waals surface area contributed by atoms with E-state index in [1.54, 1.807) is 19.2 Å². The third-order valence-electron chi connectivity index (χ3n) is 4.53. The summed E-state index contributed by atoms with van der Waals surface area (Å²) < 4.78 is 31.2. The summed E-state index contributed by atoms with van der Waals surface area (Å²) in [6.45, 7) is 4.34. The monoisotopic (exact) mass is 345 g/mol. The Balaban J connectivity index is 1.86. The second-order valence-corrected chi connectivity index (χ2v) is 6.72. The predicted molar refractivity (Wildman–Crippen MR) is 95.4 cm³/mol. The van der Waals surface area contributed by atoms with Crippen LogP contribution in [0.1, 0.15) is 31.1 Å². The molecule has 2 aromatic rings. The quantitative estimate of drug-likeness (QED) is 0.876. The van der Waals surface area contributed by atoms with E-state index in [-0.39, 0.29) is 18.0 Å². The second-order valence-electron chi connectivity index (χ2n) is 6.72. The van der Waals surface area contributed by atoms with Crippen LogP contribution in [0.25, 0.3) is 0 Å². The molecule has 0 spiro atoms. The van der Waals surface area contributed by atoms with Crippen molar-refractivity contribution in [1.82, 2.24) is 0 Å². The van der Waals surface area contributed by atoms with Crippen molar-refractivity contribution in [3.63, 3.8) is 0 Å². The molecular formula is C20H24FNO3. The molecule has 0 radical (unpaired) electrons. The van der Waals surface area contributed by atoms with Crippen LogP contribution < -0.4 is 10.1 Å². The highest BCUT2D eigenvalue weighted by Gasteiger charge is 2.45. The maximum Gasteiger partial charge on any atom is 0.132 e. The summed E-state index contributed by atoms with van der Waals surface area (Å²) in [6, 6.07) is 12.3. The molecule has 134 valence electrons. The first-order chi connectivity index (χ1) is 11.9. The highest BCUT2D eigenvalue weighted by Crippen LogP contribution is 2.44. The van der Waals surface area contributed by atoms with Gasteiger partial charge in [-0.25, -0.2) is 4.39 Å². The van der Waals surface area contributed by atoms with Crippen LogP contribution in [0.2, 0.25) is 0 Å². The van der Waals surface area contributed by atoms with Crippen LogP contribution in [0.5, 0.6) is 5.75 Å². The molecule has 0 saturated heterocycles. The fraction of sp³-hybridized carbons (Fsp3) is 0.400. The Morgan fingerprint density at radius 1 is 1.16 bits per heavy atom. The van der Waals surface area contributed by atoms with Gasteiger partial charge in [0.2, 0.25) is 0 Å². The number of ether oxygens (including phenoxy) is 3. The van der Waals surface area contributed by atoms with Gasteiger partial charge in [-0.1, -0.05) is 12.1 Å². The molecule has 1 aliphatic rings. The van der Waals surface area contributed by atoms with Gasteiger partial charge in [-0.2, -0.15) is 0 Å². The minimum Gasteiger partial charge on any atom is -0.485 e. The van der Waals surface area contributed by atoms with Crippen molar-refractivity contribution in [3.8, 4) is 5.75 Å². The number of anilines is 1. The Kier molecular flexibility index (Phi) is 4.97. The molecule has 2 unspecified atom stereocenters. The van der Waals surface area contributed by atoms with Crippen LogP contribution in [-0.2, 0) is 16.1 Å². The maximum absolute atomic E-state index is 13.1. The van der Waals surface area contributed by atoms with Gasteiger partial charge in [0.25, 0.3) is 0 Å². The van der Waals surface area contributed by atoms with Gasteiger partial charge in [-0.15, -0.1) is 0 Å². The van der Waals surface area contributed by atoms with Crippen LogP contribution in [0, 0.1) is 5.82 Å². The van der Waals surface area contributed by atoms with Crippen molar-refractivity contribution in [2.75, 3.05) is 19.5 Å². The number of hydrogen-bond donors (Lipinski definition) is 1. The van der Waals surface area contributed by atoms with Gasteiger partial charge in [0.1, 0.15) is 29.4 Å². The molecule has 2 atom stereocenters. The smallest absolute Gasteiger partial charge is 0.132 e. The molecule has 5 heteroatoms. The van der Waals surface area contributed by atoms with Gasteiger partial charge in [0.05, 0.1) is 6.61 Å². The molecule has 1 N–H and O–H groups in total. The average Bonchev–Trinajstić information content (AvgIpc) is 2.60. The van der Waals surface area contributed by atoms with Crippen molar-refractivity contribution >= 4 is 5.69 Å². The van der Waals surface area contributed by atoms with Crippen molar-refractivity contribution in [2.45, 2.75) is 38.3 Å². The lowest BCUT2D eigenvalue weighted by molar-refractivity contribution is -0.159. The molecule has 0 aliphatic carbocycles. The summed E-state index contributed by atoms with van der Waals surface area (Å²) >= 11 is 0. The number of rotatable bonds is 5. The first-order valence-corrected chi connectivity index (χ1v) is 8.34. The molecule has 2 aromatic carbocycles. The van der Waals surface area contributed by atoms with Gasteiger partial charge >= 0.3 is 0 Å². The van der Waals surface area contributed by atoms with Gasteiger partial charge in [-0.3, -0.25) is 0 Å². The molecule has 0 amide bonds.